The number of piperazine rings is 1. The molecule has 0 saturated carbocycles. The smallest absolute Gasteiger partial charge is 0.194 e. The van der Waals surface area contributed by atoms with Crippen molar-refractivity contribution in [2.24, 2.45) is 4.99 Å². The van der Waals surface area contributed by atoms with E-state index in [0.717, 1.165) is 63.2 Å². The Morgan fingerprint density at radius 1 is 1.25 bits per heavy atom. The molecule has 2 saturated heterocycles. The number of aliphatic hydroxyl groups is 1. The number of hydrogen-bond donors (Lipinski definition) is 2. The molecule has 5 nitrogen and oxygen atoms in total. The van der Waals surface area contributed by atoms with Crippen LogP contribution in [0, 0.1) is 0 Å². The van der Waals surface area contributed by atoms with Gasteiger partial charge in [0.2, 0.25) is 0 Å². The molecule has 3 rings (SSSR count). The average molecular weight is 516 g/mol. The van der Waals surface area contributed by atoms with Crippen LogP contribution in [-0.2, 0) is 0 Å². The van der Waals surface area contributed by atoms with Crippen LogP contribution in [0.2, 0.25) is 0 Å². The monoisotopic (exact) mass is 516 g/mol. The first-order valence-electron chi connectivity index (χ1n) is 9.96. The first-order chi connectivity index (χ1) is 13.2. The number of nitrogens with zero attached hydrogens (tertiary/aromatic N) is 3. The molecule has 0 aliphatic carbocycles. The molecule has 0 bridgehead atoms. The fraction of sp³-hybridized carbons (Fsp3) is 0.571. The van der Waals surface area contributed by atoms with E-state index in [1.54, 1.807) is 0 Å². The van der Waals surface area contributed by atoms with Gasteiger partial charge in [-0.05, 0) is 24.7 Å². The zero-order valence-corrected chi connectivity index (χ0v) is 19.9. The molecule has 156 valence electrons. The molecule has 1 aromatic carbocycles. The van der Waals surface area contributed by atoms with Crippen LogP contribution in [0.3, 0.4) is 0 Å². The van der Waals surface area contributed by atoms with E-state index in [4.69, 9.17) is 4.99 Å². The van der Waals surface area contributed by atoms with E-state index >= 15 is 0 Å². The summed E-state index contributed by atoms with van der Waals surface area (Å²) in [5.41, 5.74) is 0.635. The van der Waals surface area contributed by atoms with Crippen molar-refractivity contribution in [1.29, 1.82) is 0 Å². The molecule has 2 aliphatic heterocycles. The molecule has 1 aromatic rings. The highest BCUT2D eigenvalue weighted by Gasteiger charge is 2.32. The largest absolute Gasteiger partial charge is 0.387 e. The topological polar surface area (TPSA) is 51.1 Å². The minimum Gasteiger partial charge on any atom is -0.387 e. The summed E-state index contributed by atoms with van der Waals surface area (Å²) in [5, 5.41) is 13.9. The quantitative estimate of drug-likeness (QED) is 0.346. The normalized spacial score (nSPS) is 23.8. The third-order valence-corrected chi connectivity index (χ3v) is 6.32. The van der Waals surface area contributed by atoms with Crippen molar-refractivity contribution in [2.45, 2.75) is 18.9 Å². The highest BCUT2D eigenvalue weighted by molar-refractivity contribution is 14.0. The van der Waals surface area contributed by atoms with Crippen LogP contribution in [0.1, 0.15) is 18.9 Å². The third kappa shape index (κ3) is 7.24. The fourth-order valence-corrected chi connectivity index (χ4v) is 4.70. The maximum absolute atomic E-state index is 10.5. The summed E-state index contributed by atoms with van der Waals surface area (Å²) in [6, 6.07) is 10.4. The molecule has 28 heavy (non-hydrogen) atoms. The Hall–Kier alpha value is -0.770. The lowest BCUT2D eigenvalue weighted by molar-refractivity contribution is 0.0773. The van der Waals surface area contributed by atoms with Crippen LogP contribution in [0.5, 0.6) is 0 Å². The Balaban J connectivity index is 0.00000280. The van der Waals surface area contributed by atoms with Gasteiger partial charge in [-0.15, -0.1) is 24.0 Å². The number of benzene rings is 1. The second-order valence-corrected chi connectivity index (χ2v) is 8.40. The summed E-state index contributed by atoms with van der Waals surface area (Å²) in [5.74, 6) is 2.79. The molecule has 2 fully saturated rings. The Kier molecular flexibility index (Phi) is 10.1. The Labute approximate surface area is 190 Å². The summed E-state index contributed by atoms with van der Waals surface area (Å²) in [7, 11) is 0. The van der Waals surface area contributed by atoms with E-state index < -0.39 is 5.60 Å². The summed E-state index contributed by atoms with van der Waals surface area (Å²) >= 11 is 1.82. The predicted molar refractivity (Wildman–Crippen MR) is 132 cm³/mol. The van der Waals surface area contributed by atoms with Gasteiger partial charge in [0.05, 0.1) is 12.1 Å². The number of thioether (sulfide) groups is 1. The first kappa shape index (κ1) is 23.5. The van der Waals surface area contributed by atoms with E-state index in [0.29, 0.717) is 6.54 Å². The summed E-state index contributed by atoms with van der Waals surface area (Å²) in [6.07, 6.45) is 5.29. The molecule has 1 atom stereocenters. The summed E-state index contributed by atoms with van der Waals surface area (Å²) in [4.78, 5) is 9.55. The summed E-state index contributed by atoms with van der Waals surface area (Å²) < 4.78 is 0. The van der Waals surface area contributed by atoms with Crippen molar-refractivity contribution in [3.63, 3.8) is 0 Å². The van der Waals surface area contributed by atoms with Crippen molar-refractivity contribution in [2.75, 3.05) is 57.3 Å². The van der Waals surface area contributed by atoms with Crippen molar-refractivity contribution in [3.05, 3.63) is 42.0 Å². The van der Waals surface area contributed by atoms with Crippen LogP contribution in [0.4, 0.5) is 0 Å². The van der Waals surface area contributed by atoms with Gasteiger partial charge < -0.3 is 15.3 Å². The number of halogens is 1. The highest BCUT2D eigenvalue weighted by atomic mass is 127. The van der Waals surface area contributed by atoms with Gasteiger partial charge in [-0.2, -0.15) is 11.8 Å². The number of rotatable bonds is 6. The fourth-order valence-electron chi connectivity index (χ4n) is 3.41. The molecule has 2 aliphatic rings. The van der Waals surface area contributed by atoms with Crippen LogP contribution >= 0.6 is 35.7 Å². The molecule has 0 amide bonds. The number of hydrogen-bond acceptors (Lipinski definition) is 4. The van der Waals surface area contributed by atoms with E-state index in [-0.39, 0.29) is 24.0 Å². The lowest BCUT2D eigenvalue weighted by atomic mass is 10.0. The van der Waals surface area contributed by atoms with E-state index in [9.17, 15) is 5.11 Å². The van der Waals surface area contributed by atoms with Gasteiger partial charge in [-0.25, -0.2) is 0 Å². The first-order valence-corrected chi connectivity index (χ1v) is 11.1. The molecule has 2 heterocycles. The lowest BCUT2D eigenvalue weighted by Gasteiger charge is -2.36. The summed E-state index contributed by atoms with van der Waals surface area (Å²) in [6.45, 7) is 8.44. The van der Waals surface area contributed by atoms with Gasteiger partial charge in [-0.3, -0.25) is 9.89 Å². The Morgan fingerprint density at radius 2 is 2.00 bits per heavy atom. The minimum absolute atomic E-state index is 0. The zero-order chi connectivity index (χ0) is 19.0. The number of guanidine groups is 1. The Morgan fingerprint density at radius 3 is 2.64 bits per heavy atom. The van der Waals surface area contributed by atoms with Gasteiger partial charge >= 0.3 is 0 Å². The van der Waals surface area contributed by atoms with Crippen molar-refractivity contribution in [3.8, 4) is 0 Å². The van der Waals surface area contributed by atoms with Crippen molar-refractivity contribution < 1.29 is 5.11 Å². The second kappa shape index (κ2) is 12.0. The van der Waals surface area contributed by atoms with Crippen LogP contribution in [0.15, 0.2) is 41.4 Å². The molecular weight excluding hydrogens is 483 g/mol. The molecule has 0 radical (unpaired) electrons. The minimum atomic E-state index is -0.616. The second-order valence-electron chi connectivity index (χ2n) is 7.30. The van der Waals surface area contributed by atoms with Crippen LogP contribution in [-0.4, -0.2) is 83.8 Å². The molecule has 0 spiro atoms. The molecule has 1 unspecified atom stereocenters. The van der Waals surface area contributed by atoms with Gasteiger partial charge in [0.15, 0.2) is 5.96 Å². The Bertz CT molecular complexity index is 627. The van der Waals surface area contributed by atoms with E-state index in [1.807, 2.05) is 17.8 Å². The maximum Gasteiger partial charge on any atom is 0.194 e. The molecular formula is C21H33IN4OS. The van der Waals surface area contributed by atoms with Gasteiger partial charge in [0.1, 0.15) is 0 Å². The van der Waals surface area contributed by atoms with Crippen LogP contribution in [0.25, 0.3) is 6.08 Å². The molecule has 0 aromatic heterocycles. The lowest BCUT2D eigenvalue weighted by Crippen LogP contribution is -2.52. The van der Waals surface area contributed by atoms with Gasteiger partial charge in [0, 0.05) is 45.0 Å². The van der Waals surface area contributed by atoms with Crippen molar-refractivity contribution >= 4 is 47.8 Å². The molecule has 7 heteroatoms. The number of nitrogens with one attached hydrogen (secondary N) is 1. The third-order valence-electron chi connectivity index (χ3n) is 5.09. The van der Waals surface area contributed by atoms with Crippen LogP contribution < -0.4 is 5.32 Å². The SMILES string of the molecule is CCNC(=NCC1(O)CCSC1)N1CCN(C/C=C/c2ccccc2)CC1.I. The molecule has 2 N–H and O–H groups in total. The van der Waals surface area contributed by atoms with Gasteiger partial charge in [-0.1, -0.05) is 42.5 Å². The van der Waals surface area contributed by atoms with Crippen molar-refractivity contribution in [1.82, 2.24) is 15.1 Å². The predicted octanol–water partition coefficient (Wildman–Crippen LogP) is 2.77. The number of aliphatic imine (C=N–C) groups is 1. The highest BCUT2D eigenvalue weighted by Crippen LogP contribution is 2.28. The van der Waals surface area contributed by atoms with E-state index in [2.05, 4.69) is 58.5 Å². The van der Waals surface area contributed by atoms with Gasteiger partial charge in [0.25, 0.3) is 0 Å². The van der Waals surface area contributed by atoms with E-state index in [1.165, 1.54) is 5.56 Å². The maximum atomic E-state index is 10.5. The average Bonchev–Trinajstić information content (AvgIpc) is 3.13. The zero-order valence-electron chi connectivity index (χ0n) is 16.7. The standard InChI is InChI=1S/C21H32N4OS.HI/c1-2-22-20(23-17-21(26)10-16-27-18-21)25-14-12-24(13-15-25)11-6-9-19-7-4-3-5-8-19;/h3-9,26H,2,10-18H2,1H3,(H,22,23);1H/b9-6+;.